The Bertz CT molecular complexity index is 2700. The molecule has 0 saturated carbocycles. The van der Waals surface area contributed by atoms with Gasteiger partial charge in [0, 0.05) is 11.1 Å². The Morgan fingerprint density at radius 1 is 0.340 bits per heavy atom. The summed E-state index contributed by atoms with van der Waals surface area (Å²) >= 11 is 0. The molecule has 1 heteroatoms. The predicted molar refractivity (Wildman–Crippen MR) is 220 cm³/mol. The zero-order valence-corrected chi connectivity index (χ0v) is 29.8. The molecule has 0 bridgehead atoms. The Hall–Kier alpha value is -6.44. The van der Waals surface area contributed by atoms with Crippen LogP contribution in [0.2, 0.25) is 0 Å². The van der Waals surface area contributed by atoms with E-state index in [9.17, 15) is 0 Å². The molecular formula is C52H37N. The van der Waals surface area contributed by atoms with E-state index >= 15 is 0 Å². The van der Waals surface area contributed by atoms with Gasteiger partial charge in [0.15, 0.2) is 0 Å². The average Bonchev–Trinajstić information content (AvgIpc) is 3.64. The summed E-state index contributed by atoms with van der Waals surface area (Å²) in [5.41, 5.74) is 21.5. The summed E-state index contributed by atoms with van der Waals surface area (Å²) in [5.74, 6) is 0. The van der Waals surface area contributed by atoms with E-state index in [0.29, 0.717) is 0 Å². The third-order valence-corrected chi connectivity index (χ3v) is 12.3. The highest BCUT2D eigenvalue weighted by Crippen LogP contribution is 2.65. The first kappa shape index (κ1) is 30.2. The van der Waals surface area contributed by atoms with Gasteiger partial charge >= 0.3 is 0 Å². The van der Waals surface area contributed by atoms with Gasteiger partial charge in [0.25, 0.3) is 0 Å². The van der Waals surface area contributed by atoms with Crippen LogP contribution in [0.15, 0.2) is 188 Å². The molecule has 2 aliphatic carbocycles. The molecule has 0 radical (unpaired) electrons. The van der Waals surface area contributed by atoms with Crippen molar-refractivity contribution in [2.75, 3.05) is 4.90 Å². The number of nitrogens with zero attached hydrogens (tertiary/aromatic N) is 1. The van der Waals surface area contributed by atoms with Crippen molar-refractivity contribution in [3.63, 3.8) is 0 Å². The fourth-order valence-corrected chi connectivity index (χ4v) is 9.99. The molecule has 0 atom stereocenters. The summed E-state index contributed by atoms with van der Waals surface area (Å²) in [6.45, 7) is 4.71. The molecule has 1 heterocycles. The SMILES string of the molecule is CC1(C)c2ccccc2-c2ccc(-c3ccc(-c4cccc5c4C4(c6ccccc6-5)c5ccccc5N(c5ccccc5)c5ccccc54)cc3)cc21. The van der Waals surface area contributed by atoms with Gasteiger partial charge in [0.05, 0.1) is 16.8 Å². The molecule has 0 fully saturated rings. The minimum Gasteiger partial charge on any atom is -0.310 e. The van der Waals surface area contributed by atoms with E-state index in [1.807, 2.05) is 0 Å². The van der Waals surface area contributed by atoms with Gasteiger partial charge in [-0.05, 0) is 108 Å². The van der Waals surface area contributed by atoms with E-state index in [-0.39, 0.29) is 5.41 Å². The Morgan fingerprint density at radius 3 is 1.53 bits per heavy atom. The third kappa shape index (κ3) is 4.02. The van der Waals surface area contributed by atoms with Crippen LogP contribution in [0, 0.1) is 0 Å². The van der Waals surface area contributed by atoms with Gasteiger partial charge in [-0.1, -0.05) is 172 Å². The summed E-state index contributed by atoms with van der Waals surface area (Å²) in [4.78, 5) is 2.45. The molecule has 3 aliphatic rings. The van der Waals surface area contributed by atoms with Crippen LogP contribution in [0.25, 0.3) is 44.5 Å². The van der Waals surface area contributed by atoms with Crippen molar-refractivity contribution in [3.05, 3.63) is 221 Å². The average molecular weight is 676 g/mol. The number of para-hydroxylation sites is 3. The van der Waals surface area contributed by atoms with Gasteiger partial charge < -0.3 is 4.90 Å². The van der Waals surface area contributed by atoms with E-state index < -0.39 is 5.41 Å². The van der Waals surface area contributed by atoms with Gasteiger partial charge in [-0.3, -0.25) is 0 Å². The molecular weight excluding hydrogens is 639 g/mol. The monoisotopic (exact) mass is 675 g/mol. The van der Waals surface area contributed by atoms with Crippen LogP contribution >= 0.6 is 0 Å². The molecule has 0 aromatic heterocycles. The van der Waals surface area contributed by atoms with Crippen LogP contribution in [0.1, 0.15) is 47.2 Å². The van der Waals surface area contributed by atoms with Crippen molar-refractivity contribution in [3.8, 4) is 44.5 Å². The highest BCUT2D eigenvalue weighted by atomic mass is 15.2. The maximum Gasteiger partial charge on any atom is 0.0760 e. The van der Waals surface area contributed by atoms with Crippen molar-refractivity contribution in [1.29, 1.82) is 0 Å². The fourth-order valence-electron chi connectivity index (χ4n) is 9.99. The standard InChI is InChI=1S/C52H37N/c1-51(2)43-21-8-6-17-39(43)41-32-31-36(33-47(41)51)34-27-29-35(30-28-34)38-19-14-20-42-40-18-7-9-22-44(40)52(50(38)42)45-23-10-12-25-48(45)53(37-15-4-3-5-16-37)49-26-13-11-24-46(49)52/h3-33H,1-2H3. The number of hydrogen-bond acceptors (Lipinski definition) is 1. The number of fused-ring (bicyclic) bond motifs is 12. The van der Waals surface area contributed by atoms with Crippen LogP contribution in [0.4, 0.5) is 17.1 Å². The molecule has 0 N–H and O–H groups in total. The van der Waals surface area contributed by atoms with E-state index in [0.717, 1.165) is 5.69 Å². The number of anilines is 3. The molecule has 1 spiro atoms. The number of benzene rings is 8. The second-order valence-corrected chi connectivity index (χ2v) is 15.2. The minimum absolute atomic E-state index is 0.0293. The molecule has 0 saturated heterocycles. The first-order valence-electron chi connectivity index (χ1n) is 18.7. The maximum absolute atomic E-state index is 2.45. The molecule has 1 aliphatic heterocycles. The van der Waals surface area contributed by atoms with Crippen molar-refractivity contribution >= 4 is 17.1 Å². The molecule has 11 rings (SSSR count). The molecule has 53 heavy (non-hydrogen) atoms. The molecule has 8 aromatic rings. The van der Waals surface area contributed by atoms with Crippen LogP contribution in [-0.4, -0.2) is 0 Å². The first-order chi connectivity index (χ1) is 26.1. The maximum atomic E-state index is 2.45. The topological polar surface area (TPSA) is 3.24 Å². The number of rotatable bonds is 3. The van der Waals surface area contributed by atoms with E-state index in [4.69, 9.17) is 0 Å². The second kappa shape index (κ2) is 11.0. The lowest BCUT2D eigenvalue weighted by molar-refractivity contribution is 0.660. The van der Waals surface area contributed by atoms with Crippen LogP contribution in [-0.2, 0) is 10.8 Å². The molecule has 0 amide bonds. The van der Waals surface area contributed by atoms with Gasteiger partial charge in [-0.2, -0.15) is 0 Å². The number of hydrogen-bond donors (Lipinski definition) is 0. The smallest absolute Gasteiger partial charge is 0.0760 e. The Labute approximate surface area is 311 Å². The van der Waals surface area contributed by atoms with E-state index in [1.54, 1.807) is 0 Å². The van der Waals surface area contributed by atoms with Crippen molar-refractivity contribution in [1.82, 2.24) is 0 Å². The lowest BCUT2D eigenvalue weighted by Gasteiger charge is -2.45. The van der Waals surface area contributed by atoms with Crippen molar-refractivity contribution < 1.29 is 0 Å². The lowest BCUT2D eigenvalue weighted by atomic mass is 9.63. The zero-order chi connectivity index (χ0) is 35.3. The molecule has 0 unspecified atom stereocenters. The first-order valence-corrected chi connectivity index (χ1v) is 18.7. The Kier molecular flexibility index (Phi) is 6.29. The molecule has 8 aromatic carbocycles. The summed E-state index contributed by atoms with van der Waals surface area (Å²) in [6, 6.07) is 70.2. The largest absolute Gasteiger partial charge is 0.310 e. The van der Waals surface area contributed by atoms with E-state index in [2.05, 4.69) is 207 Å². The minimum atomic E-state index is -0.500. The van der Waals surface area contributed by atoms with Gasteiger partial charge in [-0.25, -0.2) is 0 Å². The summed E-state index contributed by atoms with van der Waals surface area (Å²) < 4.78 is 0. The Balaban J connectivity index is 1.11. The van der Waals surface area contributed by atoms with Crippen molar-refractivity contribution in [2.45, 2.75) is 24.7 Å². The fraction of sp³-hybridized carbons (Fsp3) is 0.0769. The van der Waals surface area contributed by atoms with Gasteiger partial charge in [0.1, 0.15) is 0 Å². The van der Waals surface area contributed by atoms with Gasteiger partial charge in [0.2, 0.25) is 0 Å². The third-order valence-electron chi connectivity index (χ3n) is 12.3. The second-order valence-electron chi connectivity index (χ2n) is 15.2. The zero-order valence-electron chi connectivity index (χ0n) is 29.8. The summed E-state index contributed by atoms with van der Waals surface area (Å²) in [7, 11) is 0. The lowest BCUT2D eigenvalue weighted by Crippen LogP contribution is -2.36. The molecule has 1 nitrogen and oxygen atoms in total. The van der Waals surface area contributed by atoms with E-state index in [1.165, 1.54) is 89.3 Å². The highest BCUT2D eigenvalue weighted by molar-refractivity contribution is 5.99. The summed E-state index contributed by atoms with van der Waals surface area (Å²) in [6.07, 6.45) is 0. The quantitative estimate of drug-likeness (QED) is 0.180. The van der Waals surface area contributed by atoms with Crippen LogP contribution in [0.5, 0.6) is 0 Å². The molecule has 250 valence electrons. The van der Waals surface area contributed by atoms with Gasteiger partial charge in [-0.15, -0.1) is 0 Å². The highest BCUT2D eigenvalue weighted by Gasteiger charge is 2.52. The predicted octanol–water partition coefficient (Wildman–Crippen LogP) is 13.5. The summed E-state index contributed by atoms with van der Waals surface area (Å²) in [5, 5.41) is 0. The normalized spacial score (nSPS) is 14.9. The Morgan fingerprint density at radius 2 is 0.830 bits per heavy atom. The van der Waals surface area contributed by atoms with Crippen LogP contribution in [0.3, 0.4) is 0 Å². The van der Waals surface area contributed by atoms with Crippen LogP contribution < -0.4 is 4.90 Å². The van der Waals surface area contributed by atoms with Crippen molar-refractivity contribution in [2.24, 2.45) is 0 Å².